The summed E-state index contributed by atoms with van der Waals surface area (Å²) >= 11 is 6.70. The third kappa shape index (κ3) is 4.62. The predicted molar refractivity (Wildman–Crippen MR) is 136 cm³/mol. The van der Waals surface area contributed by atoms with Crippen molar-refractivity contribution in [2.45, 2.75) is 65.3 Å². The number of hydrogen-bond acceptors (Lipinski definition) is 6. The highest BCUT2D eigenvalue weighted by Crippen LogP contribution is 2.34. The zero-order valence-corrected chi connectivity index (χ0v) is 20.5. The van der Waals surface area contributed by atoms with Crippen LogP contribution in [0.15, 0.2) is 28.0 Å². The third-order valence-electron chi connectivity index (χ3n) is 6.33. The van der Waals surface area contributed by atoms with Gasteiger partial charge in [-0.15, -0.1) is 0 Å². The number of hydrogen-bond donors (Lipinski definition) is 1. The number of carbonyl (C=O) groups is 1. The molecule has 32 heavy (non-hydrogen) atoms. The molecule has 4 rings (SSSR count). The highest BCUT2D eigenvalue weighted by atomic mass is 32.2. The molecule has 0 radical (unpaired) electrons. The van der Waals surface area contributed by atoms with Crippen molar-refractivity contribution in [1.29, 1.82) is 0 Å². The van der Waals surface area contributed by atoms with Gasteiger partial charge in [0.25, 0.3) is 11.5 Å². The molecule has 1 amide bonds. The van der Waals surface area contributed by atoms with Gasteiger partial charge in [-0.05, 0) is 62.7 Å². The van der Waals surface area contributed by atoms with E-state index in [1.165, 1.54) is 11.8 Å². The maximum Gasteiger partial charge on any atom is 0.267 e. The molecular weight excluding hydrogens is 440 g/mol. The number of fused-ring (bicyclic) bond motifs is 1. The number of anilines is 1. The Kier molecular flexibility index (Phi) is 7.00. The molecule has 2 aromatic rings. The SMILES string of the molecule is CCCCN1C(=O)/C(=C\c2c(NC3CCC(C)CC3)nc3c(C)cccn3c2=O)SC1=S. The van der Waals surface area contributed by atoms with Gasteiger partial charge in [-0.2, -0.15) is 0 Å². The van der Waals surface area contributed by atoms with Gasteiger partial charge < -0.3 is 5.32 Å². The van der Waals surface area contributed by atoms with Crippen LogP contribution in [-0.2, 0) is 4.79 Å². The predicted octanol–water partition coefficient (Wildman–Crippen LogP) is 4.99. The van der Waals surface area contributed by atoms with Crippen LogP contribution >= 0.6 is 24.0 Å². The second-order valence-corrected chi connectivity index (χ2v) is 10.5. The van der Waals surface area contributed by atoms with Gasteiger partial charge in [-0.1, -0.05) is 50.3 Å². The average molecular weight is 471 g/mol. The Morgan fingerprint density at radius 2 is 2.03 bits per heavy atom. The topological polar surface area (TPSA) is 66.7 Å². The van der Waals surface area contributed by atoms with E-state index in [2.05, 4.69) is 19.2 Å². The van der Waals surface area contributed by atoms with E-state index in [1.54, 1.807) is 21.6 Å². The van der Waals surface area contributed by atoms with E-state index in [0.29, 0.717) is 32.8 Å². The maximum atomic E-state index is 13.5. The summed E-state index contributed by atoms with van der Waals surface area (Å²) in [4.78, 5) is 33.5. The molecule has 0 atom stereocenters. The molecule has 0 aromatic carbocycles. The van der Waals surface area contributed by atoms with Gasteiger partial charge in [0.05, 0.1) is 10.5 Å². The molecule has 1 saturated heterocycles. The molecule has 2 fully saturated rings. The lowest BCUT2D eigenvalue weighted by Gasteiger charge is -2.28. The van der Waals surface area contributed by atoms with Crippen molar-refractivity contribution in [1.82, 2.24) is 14.3 Å². The molecule has 0 bridgehead atoms. The minimum atomic E-state index is -0.177. The van der Waals surface area contributed by atoms with Crippen molar-refractivity contribution in [2.75, 3.05) is 11.9 Å². The van der Waals surface area contributed by atoms with Crippen molar-refractivity contribution in [3.63, 3.8) is 0 Å². The van der Waals surface area contributed by atoms with Crippen molar-refractivity contribution in [2.24, 2.45) is 5.92 Å². The molecule has 1 aliphatic heterocycles. The third-order valence-corrected chi connectivity index (χ3v) is 7.70. The van der Waals surface area contributed by atoms with Crippen molar-refractivity contribution >= 4 is 51.7 Å². The van der Waals surface area contributed by atoms with Crippen LogP contribution < -0.4 is 10.9 Å². The Hall–Kier alpha value is -2.19. The van der Waals surface area contributed by atoms with Gasteiger partial charge >= 0.3 is 0 Å². The first kappa shape index (κ1) is 23.0. The average Bonchev–Trinajstić information content (AvgIpc) is 3.04. The summed E-state index contributed by atoms with van der Waals surface area (Å²) < 4.78 is 2.11. The second kappa shape index (κ2) is 9.75. The Balaban J connectivity index is 1.76. The van der Waals surface area contributed by atoms with Gasteiger partial charge in [-0.25, -0.2) is 4.98 Å². The van der Waals surface area contributed by atoms with Crippen LogP contribution in [0, 0.1) is 12.8 Å². The van der Waals surface area contributed by atoms with E-state index in [1.807, 2.05) is 19.1 Å². The minimum Gasteiger partial charge on any atom is -0.367 e. The quantitative estimate of drug-likeness (QED) is 0.474. The summed E-state index contributed by atoms with van der Waals surface area (Å²) in [6, 6.07) is 4.07. The maximum absolute atomic E-state index is 13.5. The van der Waals surface area contributed by atoms with E-state index in [4.69, 9.17) is 17.2 Å². The number of amides is 1. The number of unbranched alkanes of at least 4 members (excludes halogenated alkanes) is 1. The summed E-state index contributed by atoms with van der Waals surface area (Å²) in [7, 11) is 0. The van der Waals surface area contributed by atoms with Gasteiger partial charge in [-0.3, -0.25) is 18.9 Å². The van der Waals surface area contributed by atoms with Crippen LogP contribution in [0.3, 0.4) is 0 Å². The first-order chi connectivity index (χ1) is 15.4. The molecule has 0 unspecified atom stereocenters. The van der Waals surface area contributed by atoms with Crippen molar-refractivity contribution < 1.29 is 4.79 Å². The summed E-state index contributed by atoms with van der Waals surface area (Å²) in [5, 5.41) is 3.54. The lowest BCUT2D eigenvalue weighted by molar-refractivity contribution is -0.122. The number of pyridine rings is 1. The fourth-order valence-electron chi connectivity index (χ4n) is 4.29. The summed E-state index contributed by atoms with van der Waals surface area (Å²) in [6.45, 7) is 6.93. The summed E-state index contributed by atoms with van der Waals surface area (Å²) in [5.74, 6) is 1.16. The molecule has 1 aliphatic carbocycles. The number of rotatable bonds is 6. The zero-order chi connectivity index (χ0) is 22.8. The number of nitrogens with zero attached hydrogens (tertiary/aromatic N) is 3. The first-order valence-electron chi connectivity index (χ1n) is 11.4. The van der Waals surface area contributed by atoms with E-state index < -0.39 is 0 Å². The standard InChI is InChI=1S/C24H30N4O2S2/c1-4-5-12-28-23(30)19(32-24(28)31)14-18-20(25-17-10-8-15(2)9-11-17)26-21-16(3)7-6-13-27(21)22(18)29/h6-7,13-15,17,25H,4-5,8-12H2,1-3H3/b19-14+. The Morgan fingerprint density at radius 1 is 1.28 bits per heavy atom. The number of carbonyl (C=O) groups excluding carboxylic acids is 1. The highest BCUT2D eigenvalue weighted by Gasteiger charge is 2.32. The molecule has 1 saturated carbocycles. The summed E-state index contributed by atoms with van der Waals surface area (Å²) in [5.41, 5.74) is 1.81. The van der Waals surface area contributed by atoms with Crippen LogP contribution in [0.5, 0.6) is 0 Å². The number of nitrogens with one attached hydrogen (secondary N) is 1. The zero-order valence-electron chi connectivity index (χ0n) is 18.9. The molecule has 170 valence electrons. The Bertz CT molecular complexity index is 1130. The van der Waals surface area contributed by atoms with Crippen LogP contribution in [0.2, 0.25) is 0 Å². The summed E-state index contributed by atoms with van der Waals surface area (Å²) in [6.07, 6.45) is 9.72. The molecule has 1 N–H and O–H groups in total. The van der Waals surface area contributed by atoms with Gasteiger partial charge in [0.2, 0.25) is 0 Å². The van der Waals surface area contributed by atoms with Crippen LogP contribution in [0.1, 0.15) is 63.5 Å². The molecule has 3 heterocycles. The Morgan fingerprint density at radius 3 is 2.75 bits per heavy atom. The number of aryl methyl sites for hydroxylation is 1. The van der Waals surface area contributed by atoms with Crippen LogP contribution in [0.25, 0.3) is 11.7 Å². The normalized spacial score (nSPS) is 22.8. The number of aromatic nitrogens is 2. The van der Waals surface area contributed by atoms with Crippen molar-refractivity contribution in [3.8, 4) is 0 Å². The minimum absolute atomic E-state index is 0.125. The van der Waals surface area contributed by atoms with Crippen LogP contribution in [-0.4, -0.2) is 37.1 Å². The van der Waals surface area contributed by atoms with E-state index >= 15 is 0 Å². The van der Waals surface area contributed by atoms with E-state index in [-0.39, 0.29) is 17.5 Å². The Labute approximate surface area is 198 Å². The molecular formula is C24H30N4O2S2. The first-order valence-corrected chi connectivity index (χ1v) is 12.7. The largest absolute Gasteiger partial charge is 0.367 e. The smallest absolute Gasteiger partial charge is 0.267 e. The van der Waals surface area contributed by atoms with E-state index in [0.717, 1.165) is 50.0 Å². The van der Waals surface area contributed by atoms with Gasteiger partial charge in [0.15, 0.2) is 0 Å². The fraction of sp³-hybridized carbons (Fsp3) is 0.500. The molecule has 8 heteroatoms. The van der Waals surface area contributed by atoms with Gasteiger partial charge in [0, 0.05) is 18.8 Å². The molecule has 0 spiro atoms. The lowest BCUT2D eigenvalue weighted by Crippen LogP contribution is -2.30. The van der Waals surface area contributed by atoms with Crippen molar-refractivity contribution in [3.05, 3.63) is 44.7 Å². The molecule has 2 aliphatic rings. The highest BCUT2D eigenvalue weighted by molar-refractivity contribution is 8.26. The second-order valence-electron chi connectivity index (χ2n) is 8.85. The molecule has 2 aromatic heterocycles. The van der Waals surface area contributed by atoms with Crippen LogP contribution in [0.4, 0.5) is 5.82 Å². The van der Waals surface area contributed by atoms with E-state index in [9.17, 15) is 9.59 Å². The molecule has 6 nitrogen and oxygen atoms in total. The number of thioether (sulfide) groups is 1. The fourth-order valence-corrected chi connectivity index (χ4v) is 5.58. The lowest BCUT2D eigenvalue weighted by atomic mass is 9.87. The monoisotopic (exact) mass is 470 g/mol. The van der Waals surface area contributed by atoms with Gasteiger partial charge in [0.1, 0.15) is 15.8 Å². The number of thiocarbonyl (C=S) groups is 1.